The zero-order chi connectivity index (χ0) is 15.3. The lowest BCUT2D eigenvalue weighted by atomic mass is 10.2. The van der Waals surface area contributed by atoms with Gasteiger partial charge in [-0.3, -0.25) is 4.79 Å². The Morgan fingerprint density at radius 2 is 2.40 bits per heavy atom. The molecule has 0 fully saturated rings. The number of pyridine rings is 1. The molecular formula is C12H11ClN4O2S. The summed E-state index contributed by atoms with van der Waals surface area (Å²) in [5, 5.41) is 8.81. The van der Waals surface area contributed by atoms with Crippen molar-refractivity contribution in [2.45, 2.75) is 24.1 Å². The molecule has 0 saturated heterocycles. The standard InChI is InChI=1S/C12H11ClN4O2S/c1-4-19-9-7(5-14)12(20-6(2)11(15)18)17-10(13)8(9)16-3/h6H,4H2,1-2H3,(H2,15,18). The number of primary amides is 1. The molecule has 0 aromatic carbocycles. The summed E-state index contributed by atoms with van der Waals surface area (Å²) >= 11 is 6.92. The molecule has 0 aliphatic carbocycles. The van der Waals surface area contributed by atoms with Gasteiger partial charge in [-0.2, -0.15) is 5.26 Å². The Bertz CT molecular complexity index is 621. The normalized spacial score (nSPS) is 11.2. The maximum absolute atomic E-state index is 11.1. The lowest BCUT2D eigenvalue weighted by Gasteiger charge is -2.13. The minimum absolute atomic E-state index is 0.0128. The maximum Gasteiger partial charge on any atom is 0.265 e. The molecule has 1 unspecified atom stereocenters. The number of hydrogen-bond donors (Lipinski definition) is 1. The zero-order valence-corrected chi connectivity index (χ0v) is 12.4. The highest BCUT2D eigenvalue weighted by Gasteiger charge is 2.23. The van der Waals surface area contributed by atoms with E-state index in [1.54, 1.807) is 13.8 Å². The second kappa shape index (κ2) is 6.99. The predicted molar refractivity (Wildman–Crippen MR) is 75.9 cm³/mol. The number of amides is 1. The molecule has 0 radical (unpaired) electrons. The first kappa shape index (κ1) is 16.1. The molecule has 2 N–H and O–H groups in total. The molecule has 0 aliphatic rings. The molecule has 104 valence electrons. The molecule has 1 rings (SSSR count). The van der Waals surface area contributed by atoms with Crippen LogP contribution in [0.4, 0.5) is 5.69 Å². The van der Waals surface area contributed by atoms with Gasteiger partial charge < -0.3 is 10.5 Å². The summed E-state index contributed by atoms with van der Waals surface area (Å²) in [6.07, 6.45) is 0. The van der Waals surface area contributed by atoms with Gasteiger partial charge in [-0.25, -0.2) is 9.83 Å². The highest BCUT2D eigenvalue weighted by molar-refractivity contribution is 8.00. The number of thioether (sulfide) groups is 1. The summed E-state index contributed by atoms with van der Waals surface area (Å²) in [4.78, 5) is 18.3. The number of nitrogens with two attached hydrogens (primary N) is 1. The smallest absolute Gasteiger partial charge is 0.265 e. The van der Waals surface area contributed by atoms with E-state index < -0.39 is 11.2 Å². The van der Waals surface area contributed by atoms with E-state index >= 15 is 0 Å². The summed E-state index contributed by atoms with van der Waals surface area (Å²) in [5.41, 5.74) is 5.25. The van der Waals surface area contributed by atoms with E-state index in [4.69, 9.17) is 28.6 Å². The summed E-state index contributed by atoms with van der Waals surface area (Å²) in [5.74, 6) is -0.451. The van der Waals surface area contributed by atoms with Gasteiger partial charge in [0.2, 0.25) is 5.91 Å². The third-order valence-corrected chi connectivity index (χ3v) is 3.62. The summed E-state index contributed by atoms with van der Waals surface area (Å²) in [6.45, 7) is 10.7. The third-order valence-electron chi connectivity index (χ3n) is 2.25. The Morgan fingerprint density at radius 3 is 2.85 bits per heavy atom. The highest BCUT2D eigenvalue weighted by Crippen LogP contribution is 2.41. The van der Waals surface area contributed by atoms with Crippen LogP contribution in [0.1, 0.15) is 19.4 Å². The Balaban J connectivity index is 3.44. The summed E-state index contributed by atoms with van der Waals surface area (Å²) < 4.78 is 5.32. The van der Waals surface area contributed by atoms with Crippen LogP contribution in [-0.4, -0.2) is 22.7 Å². The average Bonchev–Trinajstić information content (AvgIpc) is 2.39. The van der Waals surface area contributed by atoms with E-state index in [-0.39, 0.29) is 33.8 Å². The molecule has 6 nitrogen and oxygen atoms in total. The van der Waals surface area contributed by atoms with Gasteiger partial charge in [-0.1, -0.05) is 23.4 Å². The van der Waals surface area contributed by atoms with E-state index in [1.807, 2.05) is 6.07 Å². The average molecular weight is 311 g/mol. The van der Waals surface area contributed by atoms with E-state index in [0.29, 0.717) is 0 Å². The molecule has 0 bridgehead atoms. The van der Waals surface area contributed by atoms with Gasteiger partial charge >= 0.3 is 0 Å². The van der Waals surface area contributed by atoms with Crippen molar-refractivity contribution < 1.29 is 9.53 Å². The van der Waals surface area contributed by atoms with Crippen LogP contribution in [0.15, 0.2) is 5.03 Å². The minimum Gasteiger partial charge on any atom is -0.503 e. The second-order valence-corrected chi connectivity index (χ2v) is 5.27. The van der Waals surface area contributed by atoms with Gasteiger partial charge in [0.05, 0.1) is 18.4 Å². The molecule has 1 atom stereocenters. The minimum atomic E-state index is -0.584. The van der Waals surface area contributed by atoms with Crippen molar-refractivity contribution in [1.82, 2.24) is 4.98 Å². The molecular weight excluding hydrogens is 300 g/mol. The van der Waals surface area contributed by atoms with E-state index in [2.05, 4.69) is 9.83 Å². The Labute approximate surface area is 125 Å². The molecule has 1 aromatic heterocycles. The van der Waals surface area contributed by atoms with Crippen molar-refractivity contribution in [3.05, 3.63) is 22.1 Å². The van der Waals surface area contributed by atoms with Crippen LogP contribution < -0.4 is 10.5 Å². The van der Waals surface area contributed by atoms with Crippen molar-refractivity contribution in [1.29, 1.82) is 5.26 Å². The number of nitriles is 1. The largest absolute Gasteiger partial charge is 0.503 e. The van der Waals surface area contributed by atoms with Crippen molar-refractivity contribution in [3.63, 3.8) is 0 Å². The molecule has 20 heavy (non-hydrogen) atoms. The van der Waals surface area contributed by atoms with Crippen LogP contribution in [0.3, 0.4) is 0 Å². The second-order valence-electron chi connectivity index (χ2n) is 3.58. The van der Waals surface area contributed by atoms with Crippen LogP contribution in [-0.2, 0) is 4.79 Å². The van der Waals surface area contributed by atoms with Gasteiger partial charge in [-0.05, 0) is 13.8 Å². The van der Waals surface area contributed by atoms with Crippen LogP contribution >= 0.6 is 23.4 Å². The van der Waals surface area contributed by atoms with Crippen LogP contribution in [0.2, 0.25) is 5.15 Å². The first-order valence-corrected chi connectivity index (χ1v) is 6.81. The van der Waals surface area contributed by atoms with Crippen molar-refractivity contribution >= 4 is 35.0 Å². The number of hydrogen-bond acceptors (Lipinski definition) is 5. The monoisotopic (exact) mass is 310 g/mol. The number of nitrogens with zero attached hydrogens (tertiary/aromatic N) is 3. The van der Waals surface area contributed by atoms with Crippen LogP contribution in [0.25, 0.3) is 4.85 Å². The highest BCUT2D eigenvalue weighted by atomic mass is 35.5. The summed E-state index contributed by atoms with van der Waals surface area (Å²) in [6, 6.07) is 1.93. The van der Waals surface area contributed by atoms with Crippen molar-refractivity contribution in [2.24, 2.45) is 5.73 Å². The lowest BCUT2D eigenvalue weighted by molar-refractivity contribution is -0.117. The quantitative estimate of drug-likeness (QED) is 0.512. The predicted octanol–water partition coefficient (Wildman–Crippen LogP) is 2.52. The fraction of sp³-hybridized carbons (Fsp3) is 0.333. The number of rotatable bonds is 5. The molecule has 1 heterocycles. The molecule has 0 saturated carbocycles. The summed E-state index contributed by atoms with van der Waals surface area (Å²) in [7, 11) is 0. The molecule has 1 amide bonds. The van der Waals surface area contributed by atoms with Gasteiger partial charge in [-0.15, -0.1) is 0 Å². The Kier molecular flexibility index (Phi) is 5.63. The van der Waals surface area contributed by atoms with Crippen molar-refractivity contribution in [3.8, 4) is 11.8 Å². The van der Waals surface area contributed by atoms with E-state index in [1.165, 1.54) is 0 Å². The Morgan fingerprint density at radius 1 is 1.75 bits per heavy atom. The van der Waals surface area contributed by atoms with E-state index in [0.717, 1.165) is 11.8 Å². The Hall–Kier alpha value is -1.96. The van der Waals surface area contributed by atoms with Gasteiger partial charge in [0.15, 0.2) is 0 Å². The first-order chi connectivity index (χ1) is 9.46. The van der Waals surface area contributed by atoms with Crippen molar-refractivity contribution in [2.75, 3.05) is 6.61 Å². The van der Waals surface area contributed by atoms with Gasteiger partial charge in [0.1, 0.15) is 27.6 Å². The van der Waals surface area contributed by atoms with Gasteiger partial charge in [0.25, 0.3) is 5.69 Å². The fourth-order valence-corrected chi connectivity index (χ4v) is 2.41. The topological polar surface area (TPSA) is 93.4 Å². The lowest BCUT2D eigenvalue weighted by Crippen LogP contribution is -2.22. The number of aromatic nitrogens is 1. The molecule has 8 heteroatoms. The fourth-order valence-electron chi connectivity index (χ4n) is 1.30. The number of carbonyl (C=O) groups is 1. The number of ether oxygens (including phenoxy) is 1. The zero-order valence-electron chi connectivity index (χ0n) is 10.8. The SMILES string of the molecule is [C-]#[N+]c1c(Cl)nc(SC(C)C(N)=O)c(C#N)c1OCC. The number of carbonyl (C=O) groups excluding carboxylic acids is 1. The maximum atomic E-state index is 11.1. The first-order valence-electron chi connectivity index (χ1n) is 5.56. The number of halogens is 1. The van der Waals surface area contributed by atoms with Crippen LogP contribution in [0, 0.1) is 17.9 Å². The van der Waals surface area contributed by atoms with E-state index in [9.17, 15) is 10.1 Å². The van der Waals surface area contributed by atoms with Gasteiger partial charge in [0, 0.05) is 0 Å². The third kappa shape index (κ3) is 3.32. The molecule has 0 aliphatic heterocycles. The molecule has 1 aromatic rings. The van der Waals surface area contributed by atoms with Crippen LogP contribution in [0.5, 0.6) is 5.75 Å². The molecule has 0 spiro atoms.